The van der Waals surface area contributed by atoms with E-state index in [1.165, 1.54) is 244 Å². The average molecular weight is 645 g/mol. The highest BCUT2D eigenvalue weighted by Crippen LogP contribution is 2.24. The van der Waals surface area contributed by atoms with Gasteiger partial charge in [0.2, 0.25) is 0 Å². The number of unbranched alkanes of at least 4 members (excludes halogenated alkanes) is 32. The highest BCUT2D eigenvalue weighted by molar-refractivity contribution is 4.97. The summed E-state index contributed by atoms with van der Waals surface area (Å²) in [5, 5.41) is 0. The minimum absolute atomic E-state index is 0.638. The predicted octanol–water partition coefficient (Wildman–Crippen LogP) is 15.5. The van der Waals surface area contributed by atoms with Gasteiger partial charge in [0.1, 0.15) is 6.17 Å². The molecule has 0 aromatic carbocycles. The fraction of sp³-hybridized carbons (Fsp3) is 0.955. The lowest BCUT2D eigenvalue weighted by Crippen LogP contribution is -2.39. The zero-order chi connectivity index (χ0) is 33.0. The van der Waals surface area contributed by atoms with Crippen LogP contribution in [0.1, 0.15) is 252 Å². The van der Waals surface area contributed by atoms with Gasteiger partial charge in [0, 0.05) is 25.5 Å². The van der Waals surface area contributed by atoms with Gasteiger partial charge in [-0.05, 0) is 25.7 Å². The van der Waals surface area contributed by atoms with Crippen molar-refractivity contribution in [2.75, 3.05) is 13.1 Å². The second-order valence-electron chi connectivity index (χ2n) is 15.4. The molecule has 0 aliphatic carbocycles. The Balaban J connectivity index is 2.16. The SMILES string of the molecule is CCCCCCCCCCCCCCCCCCC1N(CCCCCCCCC)C=CN1CCCCCCCCCCCCCC. The van der Waals surface area contributed by atoms with E-state index in [1.54, 1.807) is 0 Å². The van der Waals surface area contributed by atoms with Crippen LogP contribution in [0.3, 0.4) is 0 Å². The summed E-state index contributed by atoms with van der Waals surface area (Å²) in [4.78, 5) is 5.44. The highest BCUT2D eigenvalue weighted by Gasteiger charge is 2.24. The third-order valence-electron chi connectivity index (χ3n) is 10.8. The quantitative estimate of drug-likeness (QED) is 0.0617. The van der Waals surface area contributed by atoms with Gasteiger partial charge in [-0.25, -0.2) is 0 Å². The standard InChI is InChI=1S/C44H88N2/c1-4-7-10-13-16-18-20-22-23-24-25-26-28-30-33-36-39-44-45(40-37-34-31-15-12-9-6-3)42-43-46(44)41-38-35-32-29-27-21-19-17-14-11-8-5-2/h42-44H,4-41H2,1-3H3. The summed E-state index contributed by atoms with van der Waals surface area (Å²) in [5.74, 6) is 0. The normalized spacial score (nSPS) is 14.7. The predicted molar refractivity (Wildman–Crippen MR) is 210 cm³/mol. The zero-order valence-corrected chi connectivity index (χ0v) is 32.5. The molecule has 1 atom stereocenters. The molecule has 0 spiro atoms. The molecule has 0 saturated heterocycles. The topological polar surface area (TPSA) is 6.48 Å². The van der Waals surface area contributed by atoms with Crippen LogP contribution in [0.4, 0.5) is 0 Å². The van der Waals surface area contributed by atoms with Crippen LogP contribution in [-0.4, -0.2) is 29.1 Å². The molecular formula is C44H88N2. The second-order valence-corrected chi connectivity index (χ2v) is 15.4. The second kappa shape index (κ2) is 35.6. The van der Waals surface area contributed by atoms with Crippen LogP contribution in [0.2, 0.25) is 0 Å². The summed E-state index contributed by atoms with van der Waals surface area (Å²) in [5.41, 5.74) is 0. The molecule has 2 nitrogen and oxygen atoms in total. The van der Waals surface area contributed by atoms with Crippen molar-refractivity contribution in [2.24, 2.45) is 0 Å². The smallest absolute Gasteiger partial charge is 0.101 e. The number of nitrogens with zero attached hydrogens (tertiary/aromatic N) is 2. The van der Waals surface area contributed by atoms with Crippen molar-refractivity contribution in [3.8, 4) is 0 Å². The maximum atomic E-state index is 2.72. The lowest BCUT2D eigenvalue weighted by Gasteiger charge is -2.33. The Hall–Kier alpha value is -0.660. The van der Waals surface area contributed by atoms with Crippen LogP contribution in [0, 0.1) is 0 Å². The average Bonchev–Trinajstić information content (AvgIpc) is 3.45. The maximum Gasteiger partial charge on any atom is 0.101 e. The fourth-order valence-electron chi connectivity index (χ4n) is 7.60. The van der Waals surface area contributed by atoms with Gasteiger partial charge in [0.15, 0.2) is 0 Å². The van der Waals surface area contributed by atoms with E-state index in [2.05, 4.69) is 43.0 Å². The number of hydrogen-bond donors (Lipinski definition) is 0. The minimum atomic E-state index is 0.638. The molecule has 0 bridgehead atoms. The van der Waals surface area contributed by atoms with E-state index < -0.39 is 0 Å². The molecule has 0 amide bonds. The first kappa shape index (κ1) is 43.4. The van der Waals surface area contributed by atoms with Crippen LogP contribution in [0.25, 0.3) is 0 Å². The Labute approximate surface area is 292 Å². The summed E-state index contributed by atoms with van der Waals surface area (Å²) in [6.45, 7) is 9.49. The van der Waals surface area contributed by atoms with Crippen LogP contribution in [0.15, 0.2) is 12.4 Å². The molecule has 1 rings (SSSR count). The monoisotopic (exact) mass is 645 g/mol. The molecule has 0 radical (unpaired) electrons. The summed E-state index contributed by atoms with van der Waals surface area (Å²) in [6, 6.07) is 0. The van der Waals surface area contributed by atoms with Gasteiger partial charge in [-0.1, -0.05) is 226 Å². The third kappa shape index (κ3) is 27.3. The van der Waals surface area contributed by atoms with Gasteiger partial charge < -0.3 is 9.80 Å². The summed E-state index contributed by atoms with van der Waals surface area (Å²) in [6.07, 6.45) is 57.4. The van der Waals surface area contributed by atoms with Gasteiger partial charge >= 0.3 is 0 Å². The van der Waals surface area contributed by atoms with Gasteiger partial charge in [-0.3, -0.25) is 0 Å². The van der Waals surface area contributed by atoms with E-state index in [4.69, 9.17) is 0 Å². The lowest BCUT2D eigenvalue weighted by molar-refractivity contribution is 0.135. The maximum absolute atomic E-state index is 2.72. The first-order valence-corrected chi connectivity index (χ1v) is 22.0. The molecule has 0 saturated carbocycles. The van der Waals surface area contributed by atoms with E-state index in [-0.39, 0.29) is 0 Å². The van der Waals surface area contributed by atoms with Crippen molar-refractivity contribution < 1.29 is 0 Å². The molecule has 0 aromatic heterocycles. The minimum Gasteiger partial charge on any atom is -0.356 e. The first-order chi connectivity index (χ1) is 22.8. The summed E-state index contributed by atoms with van der Waals surface area (Å²) in [7, 11) is 0. The summed E-state index contributed by atoms with van der Waals surface area (Å²) < 4.78 is 0. The zero-order valence-electron chi connectivity index (χ0n) is 32.5. The largest absolute Gasteiger partial charge is 0.356 e. The molecule has 1 aliphatic heterocycles. The first-order valence-electron chi connectivity index (χ1n) is 22.0. The van der Waals surface area contributed by atoms with E-state index >= 15 is 0 Å². The third-order valence-corrected chi connectivity index (χ3v) is 10.8. The molecule has 2 heteroatoms. The van der Waals surface area contributed by atoms with Gasteiger partial charge in [-0.15, -0.1) is 0 Å². The Morgan fingerprint density at radius 1 is 0.283 bits per heavy atom. The van der Waals surface area contributed by atoms with Crippen LogP contribution >= 0.6 is 0 Å². The Kier molecular flexibility index (Phi) is 33.6. The molecular weight excluding hydrogens is 556 g/mol. The van der Waals surface area contributed by atoms with Crippen molar-refractivity contribution in [2.45, 2.75) is 258 Å². The fourth-order valence-corrected chi connectivity index (χ4v) is 7.60. The molecule has 1 unspecified atom stereocenters. The molecule has 0 aromatic rings. The summed E-state index contributed by atoms with van der Waals surface area (Å²) >= 11 is 0. The van der Waals surface area contributed by atoms with Crippen LogP contribution in [-0.2, 0) is 0 Å². The van der Waals surface area contributed by atoms with Gasteiger partial charge in [0.05, 0.1) is 0 Å². The molecule has 0 N–H and O–H groups in total. The lowest BCUT2D eigenvalue weighted by atomic mass is 10.0. The molecule has 274 valence electrons. The Bertz CT molecular complexity index is 601. The Morgan fingerprint density at radius 3 is 0.761 bits per heavy atom. The van der Waals surface area contributed by atoms with E-state index in [0.29, 0.717) is 6.17 Å². The van der Waals surface area contributed by atoms with Crippen molar-refractivity contribution in [1.29, 1.82) is 0 Å². The molecule has 1 heterocycles. The van der Waals surface area contributed by atoms with E-state index in [9.17, 15) is 0 Å². The van der Waals surface area contributed by atoms with Crippen molar-refractivity contribution in [1.82, 2.24) is 9.80 Å². The number of rotatable bonds is 38. The number of hydrogen-bond acceptors (Lipinski definition) is 2. The van der Waals surface area contributed by atoms with E-state index in [0.717, 1.165) is 0 Å². The molecule has 1 aliphatic rings. The molecule has 46 heavy (non-hydrogen) atoms. The molecule has 0 fully saturated rings. The van der Waals surface area contributed by atoms with Gasteiger partial charge in [-0.2, -0.15) is 0 Å². The van der Waals surface area contributed by atoms with Crippen molar-refractivity contribution in [3.05, 3.63) is 12.4 Å². The highest BCUT2D eigenvalue weighted by atomic mass is 15.4. The van der Waals surface area contributed by atoms with Crippen molar-refractivity contribution >= 4 is 0 Å². The van der Waals surface area contributed by atoms with Crippen LogP contribution < -0.4 is 0 Å². The van der Waals surface area contributed by atoms with Crippen LogP contribution in [0.5, 0.6) is 0 Å². The van der Waals surface area contributed by atoms with E-state index in [1.807, 2.05) is 0 Å². The van der Waals surface area contributed by atoms with Crippen molar-refractivity contribution in [3.63, 3.8) is 0 Å². The van der Waals surface area contributed by atoms with Gasteiger partial charge in [0.25, 0.3) is 0 Å². The Morgan fingerprint density at radius 2 is 0.500 bits per heavy atom.